The summed E-state index contributed by atoms with van der Waals surface area (Å²) in [6, 6.07) is 14.2. The molecule has 3 aromatic carbocycles. The zero-order chi connectivity index (χ0) is 21.9. The van der Waals surface area contributed by atoms with Gasteiger partial charge < -0.3 is 5.32 Å². The first kappa shape index (κ1) is 22.0. The van der Waals surface area contributed by atoms with Crippen LogP contribution in [0.15, 0.2) is 71.6 Å². The number of hydrogen-bond acceptors (Lipinski definition) is 3. The Kier molecular flexibility index (Phi) is 6.60. The zero-order valence-corrected chi connectivity index (χ0v) is 17.5. The number of nitrogens with one attached hydrogen (secondary N) is 1. The van der Waals surface area contributed by atoms with Crippen LogP contribution in [-0.2, 0) is 14.8 Å². The molecule has 0 radical (unpaired) electrons. The molecule has 0 saturated carbocycles. The highest BCUT2D eigenvalue weighted by Gasteiger charge is 2.28. The summed E-state index contributed by atoms with van der Waals surface area (Å²) in [6.45, 7) is -0.688. The normalized spacial score (nSPS) is 11.2. The van der Waals surface area contributed by atoms with Crippen molar-refractivity contribution in [1.29, 1.82) is 0 Å². The highest BCUT2D eigenvalue weighted by molar-refractivity contribution is 7.92. The third-order valence-electron chi connectivity index (χ3n) is 4.01. The third kappa shape index (κ3) is 4.89. The zero-order valence-electron chi connectivity index (χ0n) is 15.2. The van der Waals surface area contributed by atoms with Crippen molar-refractivity contribution in [2.24, 2.45) is 0 Å². The van der Waals surface area contributed by atoms with Crippen LogP contribution in [0.5, 0.6) is 0 Å². The minimum atomic E-state index is -4.17. The lowest BCUT2D eigenvalue weighted by Gasteiger charge is -2.24. The highest BCUT2D eigenvalue weighted by Crippen LogP contribution is 2.30. The van der Waals surface area contributed by atoms with Crippen molar-refractivity contribution in [2.45, 2.75) is 4.90 Å². The first-order valence-electron chi connectivity index (χ1n) is 8.46. The Morgan fingerprint density at radius 1 is 0.933 bits per heavy atom. The maximum Gasteiger partial charge on any atom is 0.264 e. The molecule has 0 atom stereocenters. The van der Waals surface area contributed by atoms with Gasteiger partial charge in [0.25, 0.3) is 10.0 Å². The molecular formula is C20H14Cl2F2N2O3S. The Hall–Kier alpha value is -2.68. The summed E-state index contributed by atoms with van der Waals surface area (Å²) in [5.74, 6) is -2.64. The predicted octanol–water partition coefficient (Wildman–Crippen LogP) is 5.11. The van der Waals surface area contributed by atoms with Gasteiger partial charge in [-0.15, -0.1) is 0 Å². The molecule has 156 valence electrons. The molecule has 1 N–H and O–H groups in total. The fraction of sp³-hybridized carbons (Fsp3) is 0.0500. The molecule has 0 heterocycles. The third-order valence-corrected chi connectivity index (χ3v) is 6.54. The summed E-state index contributed by atoms with van der Waals surface area (Å²) in [4.78, 5) is 12.5. The monoisotopic (exact) mass is 470 g/mol. The van der Waals surface area contributed by atoms with Crippen molar-refractivity contribution in [2.75, 3.05) is 16.2 Å². The van der Waals surface area contributed by atoms with E-state index in [4.69, 9.17) is 23.2 Å². The predicted molar refractivity (Wildman–Crippen MR) is 112 cm³/mol. The van der Waals surface area contributed by atoms with Gasteiger partial charge in [0.1, 0.15) is 18.2 Å². The summed E-state index contributed by atoms with van der Waals surface area (Å²) >= 11 is 11.9. The van der Waals surface area contributed by atoms with Crippen LogP contribution in [-0.4, -0.2) is 20.9 Å². The molecule has 30 heavy (non-hydrogen) atoms. The van der Waals surface area contributed by atoms with Crippen molar-refractivity contribution in [3.05, 3.63) is 88.4 Å². The van der Waals surface area contributed by atoms with Gasteiger partial charge in [-0.05, 0) is 42.5 Å². The lowest BCUT2D eigenvalue weighted by Crippen LogP contribution is -2.38. The number of carbonyl (C=O) groups is 1. The minimum absolute atomic E-state index is 0.0585. The fourth-order valence-corrected chi connectivity index (χ4v) is 4.31. The van der Waals surface area contributed by atoms with Gasteiger partial charge >= 0.3 is 0 Å². The average Bonchev–Trinajstić information content (AvgIpc) is 2.71. The molecule has 0 aliphatic rings. The maximum atomic E-state index is 13.8. The highest BCUT2D eigenvalue weighted by atomic mass is 35.5. The van der Waals surface area contributed by atoms with Gasteiger partial charge in [-0.3, -0.25) is 9.10 Å². The molecule has 3 aromatic rings. The quantitative estimate of drug-likeness (QED) is 0.544. The van der Waals surface area contributed by atoms with Crippen LogP contribution < -0.4 is 9.62 Å². The lowest BCUT2D eigenvalue weighted by molar-refractivity contribution is -0.114. The Morgan fingerprint density at radius 3 is 2.27 bits per heavy atom. The van der Waals surface area contributed by atoms with Crippen LogP contribution in [0.4, 0.5) is 20.2 Å². The van der Waals surface area contributed by atoms with Gasteiger partial charge in [-0.25, -0.2) is 17.2 Å². The largest absolute Gasteiger partial charge is 0.322 e. The van der Waals surface area contributed by atoms with E-state index in [2.05, 4.69) is 5.32 Å². The number of carbonyl (C=O) groups excluding carboxylic acids is 1. The van der Waals surface area contributed by atoms with Gasteiger partial charge in [0.05, 0.1) is 26.3 Å². The Bertz CT molecular complexity index is 1190. The number of halogens is 4. The number of rotatable bonds is 6. The molecule has 0 fully saturated rings. The van der Waals surface area contributed by atoms with E-state index < -0.39 is 34.1 Å². The van der Waals surface area contributed by atoms with Crippen molar-refractivity contribution in [3.63, 3.8) is 0 Å². The average molecular weight is 471 g/mol. The smallest absolute Gasteiger partial charge is 0.264 e. The van der Waals surface area contributed by atoms with Crippen LogP contribution >= 0.6 is 23.2 Å². The summed E-state index contributed by atoms with van der Waals surface area (Å²) in [5, 5.41) is 2.54. The van der Waals surface area contributed by atoms with Crippen molar-refractivity contribution in [3.8, 4) is 0 Å². The van der Waals surface area contributed by atoms with E-state index in [1.165, 1.54) is 42.5 Å². The van der Waals surface area contributed by atoms with Gasteiger partial charge in [-0.2, -0.15) is 0 Å². The first-order chi connectivity index (χ1) is 14.2. The molecule has 5 nitrogen and oxygen atoms in total. The van der Waals surface area contributed by atoms with Crippen LogP contribution in [0.2, 0.25) is 10.0 Å². The molecule has 0 aliphatic carbocycles. The molecule has 0 unspecified atom stereocenters. The molecule has 1 amide bonds. The SMILES string of the molecule is O=C(CN(c1ccc(Cl)c(Cl)c1)S(=O)(=O)c1ccccc1)Nc1ccc(F)cc1F. The van der Waals surface area contributed by atoms with E-state index in [-0.39, 0.29) is 26.3 Å². The number of sulfonamides is 1. The molecule has 10 heteroatoms. The molecule has 0 saturated heterocycles. The lowest BCUT2D eigenvalue weighted by atomic mass is 10.3. The maximum absolute atomic E-state index is 13.8. The summed E-state index contributed by atoms with van der Waals surface area (Å²) in [5.41, 5.74) is -0.199. The van der Waals surface area contributed by atoms with Crippen molar-refractivity contribution >= 4 is 50.5 Å². The van der Waals surface area contributed by atoms with Crippen molar-refractivity contribution in [1.82, 2.24) is 0 Å². The van der Waals surface area contributed by atoms with Gasteiger partial charge in [0.15, 0.2) is 0 Å². The van der Waals surface area contributed by atoms with Gasteiger partial charge in [-0.1, -0.05) is 41.4 Å². The Balaban J connectivity index is 1.97. The summed E-state index contributed by atoms with van der Waals surface area (Å²) < 4.78 is 54.1. The molecule has 0 aliphatic heterocycles. The van der Waals surface area contributed by atoms with E-state index in [1.807, 2.05) is 0 Å². The first-order valence-corrected chi connectivity index (χ1v) is 10.7. The Labute approximate surface area is 181 Å². The molecular weight excluding hydrogens is 457 g/mol. The van der Waals surface area contributed by atoms with Crippen LogP contribution in [0.1, 0.15) is 0 Å². The van der Waals surface area contributed by atoms with Crippen LogP contribution in [0.25, 0.3) is 0 Å². The van der Waals surface area contributed by atoms with Crippen LogP contribution in [0, 0.1) is 11.6 Å². The fourth-order valence-electron chi connectivity index (χ4n) is 2.59. The van der Waals surface area contributed by atoms with Gasteiger partial charge in [0, 0.05) is 6.07 Å². The Morgan fingerprint density at radius 2 is 1.63 bits per heavy atom. The van der Waals surface area contributed by atoms with E-state index in [1.54, 1.807) is 6.07 Å². The summed E-state index contributed by atoms with van der Waals surface area (Å²) in [6.07, 6.45) is 0. The second kappa shape index (κ2) is 8.99. The summed E-state index contributed by atoms with van der Waals surface area (Å²) in [7, 11) is -4.17. The molecule has 0 aromatic heterocycles. The minimum Gasteiger partial charge on any atom is -0.322 e. The topological polar surface area (TPSA) is 66.5 Å². The number of benzene rings is 3. The van der Waals surface area contributed by atoms with E-state index in [0.29, 0.717) is 6.07 Å². The standard InChI is InChI=1S/C20H14Cl2F2N2O3S/c21-16-8-7-14(11-17(16)22)26(30(28,29)15-4-2-1-3-5-15)12-20(27)25-19-9-6-13(23)10-18(19)24/h1-11H,12H2,(H,25,27). The second-order valence-corrected chi connectivity index (χ2v) is 8.77. The van der Waals surface area contributed by atoms with Gasteiger partial charge in [0.2, 0.25) is 5.91 Å². The van der Waals surface area contributed by atoms with Crippen LogP contribution in [0.3, 0.4) is 0 Å². The van der Waals surface area contributed by atoms with E-state index in [0.717, 1.165) is 16.4 Å². The number of nitrogens with zero attached hydrogens (tertiary/aromatic N) is 1. The van der Waals surface area contributed by atoms with E-state index >= 15 is 0 Å². The van der Waals surface area contributed by atoms with Crippen molar-refractivity contribution < 1.29 is 22.0 Å². The molecule has 0 bridgehead atoms. The number of amides is 1. The second-order valence-electron chi connectivity index (χ2n) is 6.10. The number of hydrogen-bond donors (Lipinski definition) is 1. The number of anilines is 2. The molecule has 0 spiro atoms. The van der Waals surface area contributed by atoms with E-state index in [9.17, 15) is 22.0 Å². The molecule has 3 rings (SSSR count).